The third kappa shape index (κ3) is 5.19. The number of ether oxygens (including phenoxy) is 1. The fourth-order valence-corrected chi connectivity index (χ4v) is 4.02. The lowest BCUT2D eigenvalue weighted by molar-refractivity contribution is -0.138. The van der Waals surface area contributed by atoms with Crippen LogP contribution in [0.15, 0.2) is 58.5 Å². The van der Waals surface area contributed by atoms with Gasteiger partial charge in [0.25, 0.3) is 5.56 Å². The van der Waals surface area contributed by atoms with Crippen molar-refractivity contribution in [1.82, 2.24) is 9.55 Å². The molecule has 0 radical (unpaired) electrons. The minimum absolute atomic E-state index is 0.0614. The fraction of sp³-hybridized carbons (Fsp3) is 0.333. The Bertz CT molecular complexity index is 1030. The zero-order chi connectivity index (χ0) is 20.9. The number of hydrogen-bond acceptors (Lipinski definition) is 4. The van der Waals surface area contributed by atoms with Crippen molar-refractivity contribution < 1.29 is 17.9 Å². The Morgan fingerprint density at radius 2 is 1.83 bits per heavy atom. The zero-order valence-electron chi connectivity index (χ0n) is 15.9. The Hall–Kier alpha value is -2.32. The highest BCUT2D eigenvalue weighted by Crippen LogP contribution is 2.34. The van der Waals surface area contributed by atoms with Crippen LogP contribution >= 0.6 is 11.8 Å². The third-order valence-corrected chi connectivity index (χ3v) is 5.41. The number of para-hydroxylation sites is 1. The van der Waals surface area contributed by atoms with Crippen LogP contribution in [-0.4, -0.2) is 22.8 Å². The van der Waals surface area contributed by atoms with Crippen molar-refractivity contribution in [3.8, 4) is 0 Å². The Labute approximate surface area is 170 Å². The lowest BCUT2D eigenvalue weighted by atomic mass is 10.1. The molecule has 0 bridgehead atoms. The quantitative estimate of drug-likeness (QED) is 0.287. The number of fused-ring (bicyclic) bond motifs is 1. The number of rotatable bonds is 8. The number of hydrogen-bond donors (Lipinski definition) is 0. The van der Waals surface area contributed by atoms with Crippen LogP contribution in [0.25, 0.3) is 10.9 Å². The molecule has 0 unspecified atom stereocenters. The molecule has 0 atom stereocenters. The highest BCUT2D eigenvalue weighted by Gasteiger charge is 2.32. The topological polar surface area (TPSA) is 44.1 Å². The molecule has 2 aromatic carbocycles. The van der Waals surface area contributed by atoms with E-state index >= 15 is 0 Å². The summed E-state index contributed by atoms with van der Waals surface area (Å²) in [4.78, 5) is 17.5. The number of halogens is 3. The van der Waals surface area contributed by atoms with Crippen LogP contribution in [0.4, 0.5) is 13.2 Å². The maximum Gasteiger partial charge on any atom is 0.416 e. The molecule has 3 rings (SSSR count). The first kappa shape index (κ1) is 21.4. The van der Waals surface area contributed by atoms with Gasteiger partial charge < -0.3 is 4.74 Å². The molecule has 0 aliphatic carbocycles. The lowest BCUT2D eigenvalue weighted by Gasteiger charge is -2.15. The van der Waals surface area contributed by atoms with E-state index in [9.17, 15) is 18.0 Å². The molecule has 0 N–H and O–H groups in total. The van der Waals surface area contributed by atoms with Crippen LogP contribution in [0.2, 0.25) is 0 Å². The van der Waals surface area contributed by atoms with Crippen LogP contribution in [0.5, 0.6) is 0 Å². The summed E-state index contributed by atoms with van der Waals surface area (Å²) < 4.78 is 46.7. The first-order chi connectivity index (χ1) is 13.9. The SMILES string of the molecule is CCOCCCn1c(SCc2ccccc2C(F)(F)F)nc2ccccc2c1=O. The minimum Gasteiger partial charge on any atom is -0.382 e. The van der Waals surface area contributed by atoms with E-state index in [-0.39, 0.29) is 16.9 Å². The standard InChI is InChI=1S/C21H21F3N2O2S/c1-2-28-13-7-12-26-19(27)16-9-4-6-11-18(16)25-20(26)29-14-15-8-3-5-10-17(15)21(22,23)24/h3-6,8-11H,2,7,12-14H2,1H3. The second-order valence-corrected chi connectivity index (χ2v) is 7.30. The van der Waals surface area contributed by atoms with Gasteiger partial charge in [0.2, 0.25) is 0 Å². The summed E-state index contributed by atoms with van der Waals surface area (Å²) in [6.07, 6.45) is -3.81. The maximum absolute atomic E-state index is 13.3. The van der Waals surface area contributed by atoms with Gasteiger partial charge in [0.1, 0.15) is 0 Å². The highest BCUT2D eigenvalue weighted by atomic mass is 32.2. The average molecular weight is 422 g/mol. The number of nitrogens with zero attached hydrogens (tertiary/aromatic N) is 2. The summed E-state index contributed by atoms with van der Waals surface area (Å²) in [5.41, 5.74) is -0.171. The largest absolute Gasteiger partial charge is 0.416 e. The van der Waals surface area contributed by atoms with Crippen LogP contribution in [0, 0.1) is 0 Å². The first-order valence-electron chi connectivity index (χ1n) is 9.27. The third-order valence-electron chi connectivity index (χ3n) is 4.38. The molecule has 0 spiro atoms. The van der Waals surface area contributed by atoms with E-state index in [0.29, 0.717) is 42.2 Å². The van der Waals surface area contributed by atoms with Gasteiger partial charge in [-0.15, -0.1) is 0 Å². The molecule has 0 fully saturated rings. The van der Waals surface area contributed by atoms with Gasteiger partial charge in [-0.2, -0.15) is 13.2 Å². The van der Waals surface area contributed by atoms with Gasteiger partial charge in [-0.1, -0.05) is 42.1 Å². The van der Waals surface area contributed by atoms with E-state index in [0.717, 1.165) is 17.8 Å². The normalized spacial score (nSPS) is 11.9. The van der Waals surface area contributed by atoms with Crippen LogP contribution in [0.3, 0.4) is 0 Å². The Balaban J connectivity index is 1.93. The smallest absolute Gasteiger partial charge is 0.382 e. The Morgan fingerprint density at radius 3 is 2.59 bits per heavy atom. The summed E-state index contributed by atoms with van der Waals surface area (Å²) in [6.45, 7) is 3.36. The first-order valence-corrected chi connectivity index (χ1v) is 10.3. The Morgan fingerprint density at radius 1 is 1.10 bits per heavy atom. The van der Waals surface area contributed by atoms with Gasteiger partial charge in [-0.3, -0.25) is 9.36 Å². The maximum atomic E-state index is 13.3. The van der Waals surface area contributed by atoms with Crippen LogP contribution in [0.1, 0.15) is 24.5 Å². The molecule has 4 nitrogen and oxygen atoms in total. The molecular weight excluding hydrogens is 401 g/mol. The minimum atomic E-state index is -4.43. The monoisotopic (exact) mass is 422 g/mol. The molecule has 0 amide bonds. The van der Waals surface area contributed by atoms with Crippen molar-refractivity contribution in [2.75, 3.05) is 13.2 Å². The van der Waals surface area contributed by atoms with Gasteiger partial charge >= 0.3 is 6.18 Å². The van der Waals surface area contributed by atoms with E-state index in [1.54, 1.807) is 30.3 Å². The van der Waals surface area contributed by atoms with E-state index in [2.05, 4.69) is 4.98 Å². The fourth-order valence-electron chi connectivity index (χ4n) is 2.99. The van der Waals surface area contributed by atoms with Crippen molar-refractivity contribution in [2.45, 2.75) is 37.0 Å². The second-order valence-electron chi connectivity index (χ2n) is 6.36. The summed E-state index contributed by atoms with van der Waals surface area (Å²) in [7, 11) is 0. The molecule has 1 aromatic heterocycles. The van der Waals surface area contributed by atoms with Crippen LogP contribution < -0.4 is 5.56 Å². The van der Waals surface area contributed by atoms with Crippen molar-refractivity contribution >= 4 is 22.7 Å². The molecule has 1 heterocycles. The predicted molar refractivity (Wildman–Crippen MR) is 108 cm³/mol. The van der Waals surface area contributed by atoms with Gasteiger partial charge in [0.05, 0.1) is 16.5 Å². The number of thioether (sulfide) groups is 1. The molecule has 3 aromatic rings. The second kappa shape index (κ2) is 9.45. The lowest BCUT2D eigenvalue weighted by Crippen LogP contribution is -2.24. The van der Waals surface area contributed by atoms with E-state index in [1.165, 1.54) is 16.7 Å². The number of benzene rings is 2. The molecule has 0 saturated carbocycles. The summed E-state index contributed by atoms with van der Waals surface area (Å²) in [5.74, 6) is 0.0614. The Kier molecular flexibility index (Phi) is 6.97. The number of aromatic nitrogens is 2. The van der Waals surface area contributed by atoms with Crippen molar-refractivity contribution in [2.24, 2.45) is 0 Å². The van der Waals surface area contributed by atoms with Crippen molar-refractivity contribution in [3.05, 3.63) is 70.0 Å². The van der Waals surface area contributed by atoms with E-state index < -0.39 is 11.7 Å². The van der Waals surface area contributed by atoms with Gasteiger partial charge in [0.15, 0.2) is 5.16 Å². The summed E-state index contributed by atoms with van der Waals surface area (Å²) in [5, 5.41) is 0.895. The molecular formula is C21H21F3N2O2S. The van der Waals surface area contributed by atoms with E-state index in [1.807, 2.05) is 6.92 Å². The molecule has 29 heavy (non-hydrogen) atoms. The molecule has 8 heteroatoms. The average Bonchev–Trinajstić information content (AvgIpc) is 2.70. The van der Waals surface area contributed by atoms with Crippen LogP contribution in [-0.2, 0) is 23.2 Å². The summed E-state index contributed by atoms with van der Waals surface area (Å²) in [6, 6.07) is 12.5. The van der Waals surface area contributed by atoms with Gasteiger partial charge in [-0.25, -0.2) is 4.98 Å². The number of alkyl halides is 3. The molecule has 154 valence electrons. The molecule has 0 saturated heterocycles. The van der Waals surface area contributed by atoms with Gasteiger partial charge in [0, 0.05) is 25.5 Å². The molecule has 0 aliphatic heterocycles. The predicted octanol–water partition coefficient (Wildman–Crippen LogP) is 5.13. The molecule has 0 aliphatic rings. The van der Waals surface area contributed by atoms with Crippen molar-refractivity contribution in [3.63, 3.8) is 0 Å². The van der Waals surface area contributed by atoms with Crippen molar-refractivity contribution in [1.29, 1.82) is 0 Å². The summed E-state index contributed by atoms with van der Waals surface area (Å²) >= 11 is 1.13. The zero-order valence-corrected chi connectivity index (χ0v) is 16.7. The highest BCUT2D eigenvalue weighted by molar-refractivity contribution is 7.98. The van der Waals surface area contributed by atoms with E-state index in [4.69, 9.17) is 4.74 Å². The van der Waals surface area contributed by atoms with Gasteiger partial charge in [-0.05, 0) is 37.1 Å².